The predicted octanol–water partition coefficient (Wildman–Crippen LogP) is 4.09. The molecule has 0 N–H and O–H groups in total. The molecule has 2 aromatic carbocycles. The number of hydrogen-bond donors (Lipinski definition) is 0. The van der Waals surface area contributed by atoms with Gasteiger partial charge in [0.15, 0.2) is 0 Å². The van der Waals surface area contributed by atoms with Gasteiger partial charge in [0, 0.05) is 0 Å². The second-order valence-corrected chi connectivity index (χ2v) is 9.43. The molecule has 0 saturated heterocycles. The maximum atomic E-state index is 13.0. The van der Waals surface area contributed by atoms with Crippen molar-refractivity contribution in [2.45, 2.75) is 0 Å². The van der Waals surface area contributed by atoms with Crippen LogP contribution in [0.15, 0.2) is 78.6 Å². The first kappa shape index (κ1) is 17.3. The summed E-state index contributed by atoms with van der Waals surface area (Å²) in [5.74, 6) is -0.383. The van der Waals surface area contributed by atoms with Crippen molar-refractivity contribution in [1.29, 1.82) is 0 Å². The van der Waals surface area contributed by atoms with Crippen molar-refractivity contribution in [2.24, 2.45) is 0 Å². The van der Waals surface area contributed by atoms with E-state index in [1.807, 2.05) is 71.4 Å². The number of fused-ring (bicyclic) bond motifs is 3. The Morgan fingerprint density at radius 1 is 0.833 bits per heavy atom. The van der Waals surface area contributed by atoms with Gasteiger partial charge in [-0.2, -0.15) is 0 Å². The van der Waals surface area contributed by atoms with Crippen LogP contribution in [0.1, 0.15) is 25.2 Å². The molecule has 0 saturated carbocycles. The molecule has 1 aliphatic rings. The van der Waals surface area contributed by atoms with Crippen LogP contribution in [-0.2, 0) is 0 Å². The number of aromatic nitrogens is 3. The topological polar surface area (TPSA) is 64.8 Å². The van der Waals surface area contributed by atoms with Crippen LogP contribution in [0.4, 0.5) is 0 Å². The third kappa shape index (κ3) is 2.55. The fourth-order valence-electron chi connectivity index (χ4n) is 3.89. The zero-order valence-electron chi connectivity index (χ0n) is 15.6. The summed E-state index contributed by atoms with van der Waals surface area (Å²) in [5, 5.41) is 11.2. The van der Waals surface area contributed by atoms with Crippen LogP contribution >= 0.6 is 0 Å². The summed E-state index contributed by atoms with van der Waals surface area (Å²) < 4.78 is 4.09. The molecule has 5 nitrogen and oxygen atoms in total. The number of hydrogen-bond acceptors (Lipinski definition) is 4. The van der Waals surface area contributed by atoms with Crippen molar-refractivity contribution in [3.63, 3.8) is 0 Å². The molecule has 0 atom stereocenters. The Labute approximate surface area is 177 Å². The Kier molecular flexibility index (Phi) is 3.72. The molecule has 30 heavy (non-hydrogen) atoms. The molecule has 0 spiro atoms. The number of rotatable bonds is 2. The van der Waals surface area contributed by atoms with Gasteiger partial charge < -0.3 is 0 Å². The summed E-state index contributed by atoms with van der Waals surface area (Å²) in [6.07, 6.45) is 5.41. The molecule has 0 bridgehead atoms. The first-order valence-electron chi connectivity index (χ1n) is 9.42. The van der Waals surface area contributed by atoms with Gasteiger partial charge in [-0.05, 0) is 0 Å². The Balaban J connectivity index is 1.41. The van der Waals surface area contributed by atoms with Gasteiger partial charge in [0.05, 0.1) is 0 Å². The quantitative estimate of drug-likeness (QED) is 0.229. The fourth-order valence-corrected chi connectivity index (χ4v) is 5.85. The van der Waals surface area contributed by atoms with Gasteiger partial charge in [-0.1, -0.05) is 0 Å². The summed E-state index contributed by atoms with van der Waals surface area (Å²) in [5.41, 5.74) is 2.05. The van der Waals surface area contributed by atoms with Gasteiger partial charge in [-0.25, -0.2) is 0 Å². The van der Waals surface area contributed by atoms with Crippen LogP contribution in [0.2, 0.25) is 0 Å². The zero-order valence-corrected chi connectivity index (χ0v) is 17.3. The first-order valence-corrected chi connectivity index (χ1v) is 11.1. The average Bonchev–Trinajstić information content (AvgIpc) is 3.47. The number of carbonyl (C=O) groups is 2. The van der Waals surface area contributed by atoms with Crippen LogP contribution in [0, 0.1) is 0 Å². The second-order valence-electron chi connectivity index (χ2n) is 7.13. The van der Waals surface area contributed by atoms with E-state index in [0.29, 0.717) is 11.1 Å². The van der Waals surface area contributed by atoms with E-state index >= 15 is 0 Å². The maximum absolute atomic E-state index is 13.0. The molecule has 6 heteroatoms. The van der Waals surface area contributed by atoms with Gasteiger partial charge in [-0.3, -0.25) is 0 Å². The molecule has 6 rings (SSSR count). The molecule has 1 aliphatic carbocycles. The number of carbonyl (C=O) groups excluding carboxylic acids is 2. The predicted molar refractivity (Wildman–Crippen MR) is 116 cm³/mol. The SMILES string of the molecule is O=C1C(=Cc2ccc(-n3ccc4ccnnc43)[se]2)C(=O)c2cc3ccccc3cc21. The van der Waals surface area contributed by atoms with E-state index in [0.717, 1.165) is 30.8 Å². The molecular formula is C24H13N3O2Se. The van der Waals surface area contributed by atoms with Gasteiger partial charge in [-0.15, -0.1) is 0 Å². The first-order chi connectivity index (χ1) is 14.7. The van der Waals surface area contributed by atoms with Crippen LogP contribution in [0.5, 0.6) is 0 Å². The number of Topliss-reactive ketones (excluding diaryl/α,β-unsaturated/α-hetero) is 2. The zero-order chi connectivity index (χ0) is 20.2. The number of ketones is 2. The number of benzene rings is 2. The van der Waals surface area contributed by atoms with E-state index in [-0.39, 0.29) is 31.6 Å². The van der Waals surface area contributed by atoms with Gasteiger partial charge in [0.25, 0.3) is 0 Å². The van der Waals surface area contributed by atoms with Crippen LogP contribution in [0.3, 0.4) is 0 Å². The second kappa shape index (κ2) is 6.46. The third-order valence-corrected chi connectivity index (χ3v) is 7.53. The van der Waals surface area contributed by atoms with Crippen LogP contribution in [-0.4, -0.2) is 40.8 Å². The van der Waals surface area contributed by atoms with Crippen molar-refractivity contribution in [3.8, 4) is 4.56 Å². The molecule has 3 heterocycles. The van der Waals surface area contributed by atoms with Crippen LogP contribution < -0.4 is 0 Å². The molecule has 3 aromatic heterocycles. The van der Waals surface area contributed by atoms with Crippen molar-refractivity contribution < 1.29 is 9.59 Å². The third-order valence-electron chi connectivity index (χ3n) is 5.36. The molecular weight excluding hydrogens is 441 g/mol. The summed E-state index contributed by atoms with van der Waals surface area (Å²) in [6.45, 7) is 0. The molecule has 0 amide bonds. The Hall–Kier alpha value is -3.60. The number of allylic oxidation sites excluding steroid dienone is 1. The van der Waals surface area contributed by atoms with Gasteiger partial charge in [0.2, 0.25) is 0 Å². The molecule has 0 unspecified atom stereocenters. The average molecular weight is 454 g/mol. The summed E-state index contributed by atoms with van der Waals surface area (Å²) in [6, 6.07) is 19.4. The Morgan fingerprint density at radius 3 is 2.30 bits per heavy atom. The van der Waals surface area contributed by atoms with Gasteiger partial charge in [0.1, 0.15) is 0 Å². The standard InChI is InChI=1S/C24H13N3O2Se/c28-22-18-11-15-3-1-2-4-16(15)12-19(18)23(29)20(22)13-17-5-6-21(30-17)27-10-8-14-7-9-25-26-24(14)27/h1-13H. The summed E-state index contributed by atoms with van der Waals surface area (Å²) in [4.78, 5) is 25.9. The van der Waals surface area contributed by atoms with E-state index in [4.69, 9.17) is 0 Å². The Morgan fingerprint density at radius 2 is 1.57 bits per heavy atom. The molecule has 142 valence electrons. The van der Waals surface area contributed by atoms with E-state index in [1.165, 1.54) is 0 Å². The normalized spacial score (nSPS) is 13.4. The van der Waals surface area contributed by atoms with Crippen molar-refractivity contribution in [1.82, 2.24) is 14.8 Å². The minimum absolute atomic E-state index is 0.0451. The Bertz CT molecular complexity index is 1480. The molecule has 5 aromatic rings. The van der Waals surface area contributed by atoms with E-state index < -0.39 is 0 Å². The van der Waals surface area contributed by atoms with Crippen molar-refractivity contribution >= 4 is 54.0 Å². The van der Waals surface area contributed by atoms with Crippen LogP contribution in [0.25, 0.3) is 32.4 Å². The van der Waals surface area contributed by atoms with E-state index in [9.17, 15) is 9.59 Å². The van der Waals surface area contributed by atoms with Gasteiger partial charge >= 0.3 is 177 Å². The molecule has 0 fully saturated rings. The summed E-state index contributed by atoms with van der Waals surface area (Å²) in [7, 11) is 0. The van der Waals surface area contributed by atoms with E-state index in [1.54, 1.807) is 12.3 Å². The van der Waals surface area contributed by atoms with Crippen molar-refractivity contribution in [2.75, 3.05) is 0 Å². The van der Waals surface area contributed by atoms with E-state index in [2.05, 4.69) is 10.2 Å². The summed E-state index contributed by atoms with van der Waals surface area (Å²) >= 11 is -0.0451. The fraction of sp³-hybridized carbons (Fsp3) is 0. The monoisotopic (exact) mass is 455 g/mol. The molecule has 0 radical (unpaired) electrons. The van der Waals surface area contributed by atoms with Crippen molar-refractivity contribution in [3.05, 3.63) is 94.2 Å². The molecule has 0 aliphatic heterocycles. The number of nitrogens with zero attached hydrogens (tertiary/aromatic N) is 3. The minimum atomic E-state index is -0.191.